The number of benzene rings is 1. The summed E-state index contributed by atoms with van der Waals surface area (Å²) in [4.78, 5) is 2.89. The van der Waals surface area contributed by atoms with E-state index in [2.05, 4.69) is 17.0 Å². The van der Waals surface area contributed by atoms with Crippen molar-refractivity contribution >= 4 is 17.2 Å². The summed E-state index contributed by atoms with van der Waals surface area (Å²) >= 11 is 5.01. The molecular formula is C14H20N2OS. The molecule has 1 unspecified atom stereocenters. The van der Waals surface area contributed by atoms with Gasteiger partial charge in [-0.1, -0.05) is 30.4 Å². The average Bonchev–Trinajstić information content (AvgIpc) is 2.39. The molecule has 4 heteroatoms. The molecule has 0 radical (unpaired) electrons. The summed E-state index contributed by atoms with van der Waals surface area (Å²) in [5.74, 6) is 0. The molecule has 0 saturated carbocycles. The van der Waals surface area contributed by atoms with Gasteiger partial charge in [-0.25, -0.2) is 0 Å². The van der Waals surface area contributed by atoms with E-state index in [-0.39, 0.29) is 0 Å². The van der Waals surface area contributed by atoms with Gasteiger partial charge in [0.05, 0.1) is 6.10 Å². The van der Waals surface area contributed by atoms with E-state index in [0.717, 1.165) is 25.2 Å². The molecule has 0 aromatic heterocycles. The number of nitrogens with two attached hydrogens (primary N) is 1. The topological polar surface area (TPSA) is 38.5 Å². The smallest absolute Gasteiger partial charge is 0.103 e. The molecule has 1 aromatic carbocycles. The van der Waals surface area contributed by atoms with Crippen molar-refractivity contribution < 1.29 is 4.74 Å². The van der Waals surface area contributed by atoms with E-state index in [4.69, 9.17) is 22.7 Å². The number of hydrogen-bond acceptors (Lipinski definition) is 3. The zero-order valence-electron chi connectivity index (χ0n) is 10.8. The maximum Gasteiger partial charge on any atom is 0.103 e. The van der Waals surface area contributed by atoms with Crippen LogP contribution in [0.2, 0.25) is 0 Å². The lowest BCUT2D eigenvalue weighted by molar-refractivity contribution is 0.0285. The van der Waals surface area contributed by atoms with E-state index >= 15 is 0 Å². The van der Waals surface area contributed by atoms with Gasteiger partial charge in [-0.15, -0.1) is 0 Å². The van der Waals surface area contributed by atoms with Crippen LogP contribution in [0.5, 0.6) is 0 Å². The van der Waals surface area contributed by atoms with Gasteiger partial charge >= 0.3 is 0 Å². The number of methoxy groups -OCH3 is 1. The first-order valence-electron chi connectivity index (χ1n) is 6.33. The van der Waals surface area contributed by atoms with Crippen molar-refractivity contribution in [3.05, 3.63) is 35.4 Å². The molecule has 1 aliphatic heterocycles. The first-order chi connectivity index (χ1) is 8.69. The van der Waals surface area contributed by atoms with Gasteiger partial charge in [0.1, 0.15) is 4.99 Å². The predicted molar refractivity (Wildman–Crippen MR) is 77.6 cm³/mol. The van der Waals surface area contributed by atoms with Crippen LogP contribution in [0.1, 0.15) is 24.0 Å². The third-order valence-corrected chi connectivity index (χ3v) is 3.65. The Morgan fingerprint density at radius 2 is 2.39 bits per heavy atom. The summed E-state index contributed by atoms with van der Waals surface area (Å²) in [6.07, 6.45) is 2.74. The van der Waals surface area contributed by atoms with Crippen LogP contribution in [-0.2, 0) is 11.3 Å². The monoisotopic (exact) mass is 264 g/mol. The summed E-state index contributed by atoms with van der Waals surface area (Å²) in [6.45, 7) is 3.08. The van der Waals surface area contributed by atoms with Crippen LogP contribution in [0.4, 0.5) is 0 Å². The lowest BCUT2D eigenvalue weighted by Crippen LogP contribution is -2.38. The van der Waals surface area contributed by atoms with Crippen molar-refractivity contribution in [1.82, 2.24) is 4.90 Å². The molecule has 0 spiro atoms. The van der Waals surface area contributed by atoms with Gasteiger partial charge in [-0.3, -0.25) is 4.90 Å². The number of nitrogens with zero attached hydrogens (tertiary/aromatic N) is 1. The number of thiocarbonyl (C=S) groups is 1. The van der Waals surface area contributed by atoms with Gasteiger partial charge in [0, 0.05) is 25.8 Å². The second-order valence-electron chi connectivity index (χ2n) is 4.80. The number of piperidine rings is 1. The van der Waals surface area contributed by atoms with Gasteiger partial charge in [0.2, 0.25) is 0 Å². The third-order valence-electron chi connectivity index (χ3n) is 3.41. The maximum absolute atomic E-state index is 5.66. The Morgan fingerprint density at radius 1 is 1.56 bits per heavy atom. The fraction of sp³-hybridized carbons (Fsp3) is 0.500. The Bertz CT molecular complexity index is 422. The minimum atomic E-state index is 0.373. The first-order valence-corrected chi connectivity index (χ1v) is 6.74. The van der Waals surface area contributed by atoms with Gasteiger partial charge in [0.25, 0.3) is 0 Å². The van der Waals surface area contributed by atoms with Crippen molar-refractivity contribution in [1.29, 1.82) is 0 Å². The highest BCUT2D eigenvalue weighted by Gasteiger charge is 2.19. The van der Waals surface area contributed by atoms with E-state index in [1.165, 1.54) is 18.4 Å². The van der Waals surface area contributed by atoms with E-state index in [9.17, 15) is 0 Å². The summed E-state index contributed by atoms with van der Waals surface area (Å²) in [5, 5.41) is 0. The normalized spacial score (nSPS) is 20.8. The van der Waals surface area contributed by atoms with E-state index in [0.29, 0.717) is 11.1 Å². The fourth-order valence-electron chi connectivity index (χ4n) is 2.43. The molecule has 3 nitrogen and oxygen atoms in total. The van der Waals surface area contributed by atoms with Gasteiger partial charge in [0.15, 0.2) is 0 Å². The van der Waals surface area contributed by atoms with Gasteiger partial charge in [-0.2, -0.15) is 0 Å². The van der Waals surface area contributed by atoms with Crippen LogP contribution in [-0.4, -0.2) is 36.2 Å². The lowest BCUT2D eigenvalue weighted by Gasteiger charge is -2.31. The molecule has 1 fully saturated rings. The van der Waals surface area contributed by atoms with Crippen LogP contribution in [0.25, 0.3) is 0 Å². The lowest BCUT2D eigenvalue weighted by atomic mass is 10.1. The minimum absolute atomic E-state index is 0.373. The molecule has 0 amide bonds. The first kappa shape index (κ1) is 13.5. The van der Waals surface area contributed by atoms with Crippen molar-refractivity contribution in [2.24, 2.45) is 5.73 Å². The van der Waals surface area contributed by atoms with Crippen LogP contribution in [0.15, 0.2) is 24.3 Å². The number of ether oxygens (including phenoxy) is 1. The molecule has 0 bridgehead atoms. The van der Waals surface area contributed by atoms with Crippen molar-refractivity contribution in [2.45, 2.75) is 25.5 Å². The van der Waals surface area contributed by atoms with E-state index in [1.54, 1.807) is 7.11 Å². The summed E-state index contributed by atoms with van der Waals surface area (Å²) in [5.41, 5.74) is 7.87. The van der Waals surface area contributed by atoms with Crippen molar-refractivity contribution in [3.8, 4) is 0 Å². The molecule has 1 atom stereocenters. The molecule has 2 rings (SSSR count). The largest absolute Gasteiger partial charge is 0.389 e. The van der Waals surface area contributed by atoms with Crippen LogP contribution in [0.3, 0.4) is 0 Å². The average molecular weight is 264 g/mol. The molecule has 0 aliphatic carbocycles. The van der Waals surface area contributed by atoms with Crippen molar-refractivity contribution in [2.75, 3.05) is 20.2 Å². The standard InChI is InChI=1S/C14H20N2OS/c1-17-13-6-3-7-16(10-13)9-11-4-2-5-12(8-11)14(15)18/h2,4-5,8,13H,3,6-7,9-10H2,1H3,(H2,15,18). The second kappa shape index (κ2) is 6.27. The zero-order chi connectivity index (χ0) is 13.0. The molecule has 1 heterocycles. The summed E-state index contributed by atoms with van der Waals surface area (Å²) in [7, 11) is 1.79. The molecule has 1 aliphatic rings. The number of rotatable bonds is 4. The van der Waals surface area contributed by atoms with Crippen LogP contribution in [0, 0.1) is 0 Å². The van der Waals surface area contributed by atoms with Crippen LogP contribution < -0.4 is 5.73 Å². The Labute approximate surface area is 114 Å². The summed E-state index contributed by atoms with van der Waals surface area (Å²) < 4.78 is 5.44. The highest BCUT2D eigenvalue weighted by atomic mass is 32.1. The highest BCUT2D eigenvalue weighted by Crippen LogP contribution is 2.16. The third kappa shape index (κ3) is 3.51. The molecular weight excluding hydrogens is 244 g/mol. The Balaban J connectivity index is 2.00. The molecule has 1 aromatic rings. The minimum Gasteiger partial charge on any atom is -0.389 e. The molecule has 98 valence electrons. The zero-order valence-corrected chi connectivity index (χ0v) is 11.6. The molecule has 1 saturated heterocycles. The fourth-order valence-corrected chi connectivity index (χ4v) is 2.56. The molecule has 2 N–H and O–H groups in total. The second-order valence-corrected chi connectivity index (χ2v) is 5.24. The number of hydrogen-bond donors (Lipinski definition) is 1. The molecule has 18 heavy (non-hydrogen) atoms. The van der Waals surface area contributed by atoms with Crippen molar-refractivity contribution in [3.63, 3.8) is 0 Å². The predicted octanol–water partition coefficient (Wildman–Crippen LogP) is 1.93. The van der Waals surface area contributed by atoms with E-state index in [1.807, 2.05) is 12.1 Å². The van der Waals surface area contributed by atoms with Gasteiger partial charge < -0.3 is 10.5 Å². The summed E-state index contributed by atoms with van der Waals surface area (Å²) in [6, 6.07) is 8.18. The van der Waals surface area contributed by atoms with Crippen LogP contribution >= 0.6 is 12.2 Å². The Kier molecular flexibility index (Phi) is 4.69. The number of likely N-dealkylation sites (tertiary alicyclic amines) is 1. The van der Waals surface area contributed by atoms with E-state index < -0.39 is 0 Å². The Hall–Kier alpha value is -0.970. The highest BCUT2D eigenvalue weighted by molar-refractivity contribution is 7.80. The van der Waals surface area contributed by atoms with Gasteiger partial charge in [-0.05, 0) is 31.0 Å². The Morgan fingerprint density at radius 3 is 3.11 bits per heavy atom. The maximum atomic E-state index is 5.66. The quantitative estimate of drug-likeness (QED) is 0.843. The SMILES string of the molecule is COC1CCCN(Cc2cccc(C(N)=S)c2)C1.